The van der Waals surface area contributed by atoms with E-state index < -0.39 is 6.10 Å². The molecule has 0 amide bonds. The van der Waals surface area contributed by atoms with Crippen molar-refractivity contribution < 1.29 is 14.2 Å². The van der Waals surface area contributed by atoms with Crippen molar-refractivity contribution in [1.29, 1.82) is 0 Å². The van der Waals surface area contributed by atoms with Crippen molar-refractivity contribution in [2.75, 3.05) is 18.1 Å². The molecule has 0 unspecified atom stereocenters. The predicted molar refractivity (Wildman–Crippen MR) is 80.3 cm³/mol. The molecular weight excluding hydrogens is 285 g/mol. The lowest BCUT2D eigenvalue weighted by Crippen LogP contribution is -2.25. The van der Waals surface area contributed by atoms with Gasteiger partial charge in [-0.3, -0.25) is 4.98 Å². The van der Waals surface area contributed by atoms with Gasteiger partial charge in [0.05, 0.1) is 31.1 Å². The monoisotopic (exact) mass is 303 g/mol. The summed E-state index contributed by atoms with van der Waals surface area (Å²) >= 11 is 0. The average molecular weight is 303 g/mol. The Morgan fingerprint density at radius 3 is 3.05 bits per heavy atom. The van der Waals surface area contributed by atoms with Crippen LogP contribution in [0, 0.1) is 5.82 Å². The number of benzene rings is 1. The molecule has 2 heterocycles. The lowest BCUT2D eigenvalue weighted by molar-refractivity contribution is 0.194. The van der Waals surface area contributed by atoms with E-state index in [4.69, 9.17) is 4.74 Å². The molecule has 2 atom stereocenters. The number of hydrogen-bond acceptors (Lipinski definition) is 5. The van der Waals surface area contributed by atoms with Gasteiger partial charge >= 0.3 is 0 Å². The van der Waals surface area contributed by atoms with Gasteiger partial charge in [-0.15, -0.1) is 0 Å². The molecule has 2 aromatic rings. The number of β-amino-alcohol motifs (C(OH)–C–C–N with tert-alkyl or cyclic N) is 1. The number of halogens is 1. The Bertz CT molecular complexity index is 653. The lowest BCUT2D eigenvalue weighted by atomic mass is 10.0. The van der Waals surface area contributed by atoms with Crippen molar-refractivity contribution in [3.05, 3.63) is 48.0 Å². The third-order valence-electron chi connectivity index (χ3n) is 3.70. The Morgan fingerprint density at radius 2 is 2.27 bits per heavy atom. The largest absolute Gasteiger partial charge is 0.477 e. The number of aromatic nitrogens is 2. The summed E-state index contributed by atoms with van der Waals surface area (Å²) in [6.07, 6.45) is 3.24. The Morgan fingerprint density at radius 1 is 1.41 bits per heavy atom. The second kappa shape index (κ2) is 6.27. The molecular formula is C16H18FN3O2. The topological polar surface area (TPSA) is 58.5 Å². The molecule has 0 bridgehead atoms. The van der Waals surface area contributed by atoms with Gasteiger partial charge in [-0.25, -0.2) is 4.39 Å². The van der Waals surface area contributed by atoms with E-state index in [0.717, 1.165) is 5.56 Å². The molecule has 1 fully saturated rings. The molecule has 5 nitrogen and oxygen atoms in total. The number of nitrogens with zero attached hydrogens (tertiary/aromatic N) is 3. The number of ether oxygens (including phenoxy) is 1. The zero-order valence-electron chi connectivity index (χ0n) is 12.3. The smallest absolute Gasteiger partial charge is 0.234 e. The van der Waals surface area contributed by atoms with Crippen molar-refractivity contribution in [3.8, 4) is 5.88 Å². The van der Waals surface area contributed by atoms with Gasteiger partial charge in [-0.05, 0) is 31.0 Å². The van der Waals surface area contributed by atoms with Crippen molar-refractivity contribution >= 4 is 5.82 Å². The molecule has 1 saturated heterocycles. The van der Waals surface area contributed by atoms with Gasteiger partial charge < -0.3 is 14.7 Å². The summed E-state index contributed by atoms with van der Waals surface area (Å²) in [6, 6.07) is 6.32. The summed E-state index contributed by atoms with van der Waals surface area (Å²) in [5.74, 6) is 0.782. The highest BCUT2D eigenvalue weighted by molar-refractivity contribution is 5.44. The molecule has 1 N–H and O–H groups in total. The summed E-state index contributed by atoms with van der Waals surface area (Å²) in [4.78, 5) is 10.5. The molecule has 116 valence electrons. The van der Waals surface area contributed by atoms with Crippen LogP contribution in [0.25, 0.3) is 0 Å². The minimum absolute atomic E-state index is 0.128. The van der Waals surface area contributed by atoms with Crippen LogP contribution in [0.4, 0.5) is 10.2 Å². The zero-order valence-corrected chi connectivity index (χ0v) is 12.3. The predicted octanol–water partition coefficient (Wildman–Crippen LogP) is 2.33. The zero-order chi connectivity index (χ0) is 15.5. The maximum atomic E-state index is 13.5. The number of rotatable bonds is 4. The third-order valence-corrected chi connectivity index (χ3v) is 3.70. The number of aliphatic hydroxyl groups is 1. The highest BCUT2D eigenvalue weighted by atomic mass is 19.1. The van der Waals surface area contributed by atoms with E-state index in [0.29, 0.717) is 31.3 Å². The standard InChI is InChI=1S/C16H18FN3O2/c1-2-22-16-9-18-8-15(19-16)20-10-13(21)7-14(20)11-4-3-5-12(17)6-11/h3-6,8-9,13-14,21H,2,7,10H2,1H3/t13-,14+/m1/s1. The summed E-state index contributed by atoms with van der Waals surface area (Å²) in [7, 11) is 0. The maximum Gasteiger partial charge on any atom is 0.234 e. The van der Waals surface area contributed by atoms with Crippen LogP contribution in [-0.2, 0) is 0 Å². The number of anilines is 1. The molecule has 1 aliphatic rings. The first-order valence-corrected chi connectivity index (χ1v) is 7.32. The van der Waals surface area contributed by atoms with E-state index in [1.165, 1.54) is 12.1 Å². The van der Waals surface area contributed by atoms with Crippen LogP contribution >= 0.6 is 0 Å². The first-order valence-electron chi connectivity index (χ1n) is 7.32. The van der Waals surface area contributed by atoms with Crippen LogP contribution in [0.2, 0.25) is 0 Å². The minimum atomic E-state index is -0.481. The van der Waals surface area contributed by atoms with Gasteiger partial charge in [0.15, 0.2) is 5.82 Å². The summed E-state index contributed by atoms with van der Waals surface area (Å²) < 4.78 is 18.9. The highest BCUT2D eigenvalue weighted by Gasteiger charge is 2.33. The Labute approximate surface area is 128 Å². The van der Waals surface area contributed by atoms with Crippen molar-refractivity contribution in [3.63, 3.8) is 0 Å². The Hall–Kier alpha value is -2.21. The van der Waals surface area contributed by atoms with Crippen LogP contribution in [0.3, 0.4) is 0 Å². The van der Waals surface area contributed by atoms with E-state index in [-0.39, 0.29) is 11.9 Å². The van der Waals surface area contributed by atoms with Gasteiger partial charge in [0.25, 0.3) is 0 Å². The van der Waals surface area contributed by atoms with Crippen LogP contribution in [0.1, 0.15) is 24.9 Å². The minimum Gasteiger partial charge on any atom is -0.477 e. The SMILES string of the molecule is CCOc1cncc(N2C[C@H](O)C[C@H]2c2cccc(F)c2)n1. The third kappa shape index (κ3) is 3.01. The van der Waals surface area contributed by atoms with E-state index in [1.807, 2.05) is 17.9 Å². The summed E-state index contributed by atoms with van der Waals surface area (Å²) in [6.45, 7) is 2.82. The fourth-order valence-electron chi connectivity index (χ4n) is 2.79. The molecule has 1 aliphatic heterocycles. The molecule has 0 saturated carbocycles. The van der Waals surface area contributed by atoms with Gasteiger partial charge in [-0.1, -0.05) is 12.1 Å². The van der Waals surface area contributed by atoms with E-state index in [1.54, 1.807) is 18.5 Å². The maximum absolute atomic E-state index is 13.5. The van der Waals surface area contributed by atoms with Crippen molar-refractivity contribution in [2.45, 2.75) is 25.5 Å². The Balaban J connectivity index is 1.92. The molecule has 6 heteroatoms. The average Bonchev–Trinajstić information content (AvgIpc) is 2.90. The first-order chi connectivity index (χ1) is 10.7. The lowest BCUT2D eigenvalue weighted by Gasteiger charge is -2.25. The highest BCUT2D eigenvalue weighted by Crippen LogP contribution is 2.35. The molecule has 0 radical (unpaired) electrons. The van der Waals surface area contributed by atoms with E-state index >= 15 is 0 Å². The second-order valence-electron chi connectivity index (χ2n) is 5.26. The number of hydrogen-bond donors (Lipinski definition) is 1. The normalized spacial score (nSPS) is 21.1. The fourth-order valence-corrected chi connectivity index (χ4v) is 2.79. The van der Waals surface area contributed by atoms with E-state index in [2.05, 4.69) is 9.97 Å². The quantitative estimate of drug-likeness (QED) is 0.939. The second-order valence-corrected chi connectivity index (χ2v) is 5.26. The van der Waals surface area contributed by atoms with Crippen LogP contribution < -0.4 is 9.64 Å². The molecule has 0 spiro atoms. The van der Waals surface area contributed by atoms with Crippen LogP contribution in [-0.4, -0.2) is 34.3 Å². The van der Waals surface area contributed by atoms with Crippen LogP contribution in [0.5, 0.6) is 5.88 Å². The molecule has 1 aromatic heterocycles. The molecule has 22 heavy (non-hydrogen) atoms. The summed E-state index contributed by atoms with van der Waals surface area (Å²) in [5.41, 5.74) is 0.820. The number of aliphatic hydroxyl groups excluding tert-OH is 1. The van der Waals surface area contributed by atoms with E-state index in [9.17, 15) is 9.50 Å². The van der Waals surface area contributed by atoms with Crippen molar-refractivity contribution in [1.82, 2.24) is 9.97 Å². The van der Waals surface area contributed by atoms with Gasteiger partial charge in [0, 0.05) is 6.54 Å². The Kier molecular flexibility index (Phi) is 4.20. The fraction of sp³-hybridized carbons (Fsp3) is 0.375. The molecule has 0 aliphatic carbocycles. The van der Waals surface area contributed by atoms with Gasteiger partial charge in [0.1, 0.15) is 5.82 Å². The first kappa shape index (κ1) is 14.7. The van der Waals surface area contributed by atoms with Crippen molar-refractivity contribution in [2.24, 2.45) is 0 Å². The summed E-state index contributed by atoms with van der Waals surface area (Å²) in [5, 5.41) is 10.0. The van der Waals surface area contributed by atoms with Crippen LogP contribution in [0.15, 0.2) is 36.7 Å². The molecule has 1 aromatic carbocycles. The van der Waals surface area contributed by atoms with Gasteiger partial charge in [-0.2, -0.15) is 4.98 Å². The van der Waals surface area contributed by atoms with Gasteiger partial charge in [0.2, 0.25) is 5.88 Å². The molecule has 3 rings (SSSR count).